The fourth-order valence-corrected chi connectivity index (χ4v) is 3.90. The molecule has 154 valence electrons. The predicted octanol–water partition coefficient (Wildman–Crippen LogP) is 1.67. The van der Waals surface area contributed by atoms with Crippen LogP contribution in [0.25, 0.3) is 22.2 Å². The molecule has 0 radical (unpaired) electrons. The maximum atomic E-state index is 12.6. The largest absolute Gasteiger partial charge is 0.420 e. The standard InChI is InChI=1S/C18H12BrClN4O6/c19-7-1-3-9-11(5-7)29-17(27)23(9)13(15(21)25)14(16(22)26)24-10-4-2-8(20)6-12(10)30-18(24)28/h1-6,13-14H,(H2,21,25)(H2,22,26). The molecule has 0 fully saturated rings. The lowest BCUT2D eigenvalue weighted by Crippen LogP contribution is -2.45. The van der Waals surface area contributed by atoms with Gasteiger partial charge in [0.1, 0.15) is 12.1 Å². The van der Waals surface area contributed by atoms with Gasteiger partial charge in [0.2, 0.25) is 11.8 Å². The van der Waals surface area contributed by atoms with E-state index in [2.05, 4.69) is 15.9 Å². The van der Waals surface area contributed by atoms with Crippen LogP contribution in [-0.4, -0.2) is 20.9 Å². The number of carbonyl (C=O) groups is 2. The van der Waals surface area contributed by atoms with E-state index < -0.39 is 35.4 Å². The molecule has 0 spiro atoms. The third-order valence-corrected chi connectivity index (χ3v) is 5.32. The first-order valence-electron chi connectivity index (χ1n) is 8.39. The Morgan fingerprint density at radius 2 is 1.33 bits per heavy atom. The molecule has 0 aliphatic carbocycles. The van der Waals surface area contributed by atoms with Gasteiger partial charge in [-0.25, -0.2) is 9.59 Å². The first kappa shape index (κ1) is 20.0. The number of benzene rings is 2. The smallest absolute Gasteiger partial charge is 0.408 e. The maximum absolute atomic E-state index is 12.6. The quantitative estimate of drug-likeness (QED) is 0.429. The van der Waals surface area contributed by atoms with Gasteiger partial charge >= 0.3 is 11.5 Å². The lowest BCUT2D eigenvalue weighted by Gasteiger charge is -2.23. The summed E-state index contributed by atoms with van der Waals surface area (Å²) in [5.74, 6) is -4.11. The zero-order chi connectivity index (χ0) is 21.7. The van der Waals surface area contributed by atoms with Gasteiger partial charge < -0.3 is 20.3 Å². The van der Waals surface area contributed by atoms with Crippen LogP contribution in [0.2, 0.25) is 5.02 Å². The van der Waals surface area contributed by atoms with Crippen LogP contribution < -0.4 is 23.0 Å². The number of hydrogen-bond donors (Lipinski definition) is 2. The highest BCUT2D eigenvalue weighted by Gasteiger charge is 2.39. The Hall–Kier alpha value is -3.31. The number of hydrogen-bond acceptors (Lipinski definition) is 6. The molecule has 10 nitrogen and oxygen atoms in total. The Balaban J connectivity index is 2.03. The Kier molecular flexibility index (Phi) is 4.79. The van der Waals surface area contributed by atoms with Gasteiger partial charge in [-0.1, -0.05) is 27.5 Å². The summed E-state index contributed by atoms with van der Waals surface area (Å²) in [4.78, 5) is 50.0. The van der Waals surface area contributed by atoms with E-state index in [9.17, 15) is 19.2 Å². The molecule has 2 aromatic carbocycles. The van der Waals surface area contributed by atoms with E-state index in [4.69, 9.17) is 31.9 Å². The van der Waals surface area contributed by atoms with Crippen molar-refractivity contribution in [3.8, 4) is 0 Å². The first-order chi connectivity index (χ1) is 14.2. The molecule has 4 N–H and O–H groups in total. The Bertz CT molecular complexity index is 1340. The third kappa shape index (κ3) is 3.12. The summed E-state index contributed by atoms with van der Waals surface area (Å²) in [6.07, 6.45) is 0. The monoisotopic (exact) mass is 494 g/mol. The zero-order valence-electron chi connectivity index (χ0n) is 14.9. The summed E-state index contributed by atoms with van der Waals surface area (Å²) in [7, 11) is 0. The van der Waals surface area contributed by atoms with Crippen LogP contribution in [0, 0.1) is 0 Å². The van der Waals surface area contributed by atoms with Crippen molar-refractivity contribution in [1.82, 2.24) is 9.13 Å². The highest BCUT2D eigenvalue weighted by atomic mass is 79.9. The second-order valence-corrected chi connectivity index (χ2v) is 7.75. The molecule has 0 saturated carbocycles. The molecule has 30 heavy (non-hydrogen) atoms. The van der Waals surface area contributed by atoms with Crippen LogP contribution in [0.1, 0.15) is 12.1 Å². The fourth-order valence-electron chi connectivity index (χ4n) is 3.40. The number of carbonyl (C=O) groups excluding carboxylic acids is 2. The summed E-state index contributed by atoms with van der Waals surface area (Å²) in [5.41, 5.74) is 11.6. The fraction of sp³-hybridized carbons (Fsp3) is 0.111. The molecule has 4 aromatic rings. The summed E-state index contributed by atoms with van der Waals surface area (Å²) in [6, 6.07) is 5.50. The van der Waals surface area contributed by atoms with Crippen molar-refractivity contribution in [2.75, 3.05) is 0 Å². The van der Waals surface area contributed by atoms with E-state index in [-0.39, 0.29) is 27.2 Å². The van der Waals surface area contributed by atoms with Gasteiger partial charge in [0.25, 0.3) is 0 Å². The molecule has 2 unspecified atom stereocenters. The molecule has 0 aliphatic rings. The maximum Gasteiger partial charge on any atom is 0.420 e. The number of amides is 2. The van der Waals surface area contributed by atoms with E-state index in [1.54, 1.807) is 6.07 Å². The highest BCUT2D eigenvalue weighted by Crippen LogP contribution is 2.30. The van der Waals surface area contributed by atoms with Crippen LogP contribution in [-0.2, 0) is 9.59 Å². The van der Waals surface area contributed by atoms with Crippen molar-refractivity contribution < 1.29 is 18.4 Å². The Labute approximate surface area is 179 Å². The number of nitrogens with zero attached hydrogens (tertiary/aromatic N) is 2. The number of oxazole rings is 2. The topological polar surface area (TPSA) is 156 Å². The van der Waals surface area contributed by atoms with E-state index in [0.29, 0.717) is 4.47 Å². The SMILES string of the molecule is NC(=O)C(C(C(N)=O)n1c(=O)oc2cc(Br)ccc21)n1c(=O)oc2cc(Cl)ccc21. The van der Waals surface area contributed by atoms with Crippen molar-refractivity contribution in [3.63, 3.8) is 0 Å². The van der Waals surface area contributed by atoms with Crippen LogP contribution in [0.4, 0.5) is 0 Å². The molecule has 2 aromatic heterocycles. The lowest BCUT2D eigenvalue weighted by molar-refractivity contribution is -0.130. The summed E-state index contributed by atoms with van der Waals surface area (Å²) in [5, 5.41) is 0.285. The summed E-state index contributed by atoms with van der Waals surface area (Å²) < 4.78 is 12.7. The second kappa shape index (κ2) is 7.18. The van der Waals surface area contributed by atoms with Crippen LogP contribution >= 0.6 is 27.5 Å². The highest BCUT2D eigenvalue weighted by molar-refractivity contribution is 9.10. The van der Waals surface area contributed by atoms with Crippen molar-refractivity contribution in [1.29, 1.82) is 0 Å². The number of aromatic nitrogens is 2. The molecule has 2 atom stereocenters. The average molecular weight is 496 g/mol. The molecule has 12 heteroatoms. The Morgan fingerprint density at radius 3 is 1.83 bits per heavy atom. The molecule has 0 saturated heterocycles. The van der Waals surface area contributed by atoms with Gasteiger partial charge in [0.15, 0.2) is 11.2 Å². The average Bonchev–Trinajstić information content (AvgIpc) is 3.13. The van der Waals surface area contributed by atoms with Crippen molar-refractivity contribution >= 4 is 61.5 Å². The minimum absolute atomic E-state index is 0.0651. The number of rotatable bonds is 5. The van der Waals surface area contributed by atoms with Crippen molar-refractivity contribution in [2.45, 2.75) is 12.1 Å². The molecule has 2 amide bonds. The van der Waals surface area contributed by atoms with Gasteiger partial charge in [-0.3, -0.25) is 18.7 Å². The van der Waals surface area contributed by atoms with E-state index in [1.165, 1.54) is 30.3 Å². The van der Waals surface area contributed by atoms with Gasteiger partial charge in [-0.2, -0.15) is 0 Å². The number of nitrogens with two attached hydrogens (primary N) is 2. The third-order valence-electron chi connectivity index (χ3n) is 4.59. The van der Waals surface area contributed by atoms with Gasteiger partial charge in [-0.05, 0) is 30.3 Å². The summed E-state index contributed by atoms with van der Waals surface area (Å²) in [6.45, 7) is 0. The number of fused-ring (bicyclic) bond motifs is 2. The predicted molar refractivity (Wildman–Crippen MR) is 110 cm³/mol. The normalized spacial score (nSPS) is 13.5. The molecular formula is C18H12BrClN4O6. The van der Waals surface area contributed by atoms with Gasteiger partial charge in [-0.15, -0.1) is 0 Å². The number of primary amides is 2. The van der Waals surface area contributed by atoms with Crippen LogP contribution in [0.5, 0.6) is 0 Å². The lowest BCUT2D eigenvalue weighted by atomic mass is 10.1. The second-order valence-electron chi connectivity index (χ2n) is 6.39. The Morgan fingerprint density at radius 1 is 0.867 bits per heavy atom. The van der Waals surface area contributed by atoms with E-state index >= 15 is 0 Å². The van der Waals surface area contributed by atoms with Crippen molar-refractivity contribution in [3.05, 3.63) is 67.0 Å². The number of halogens is 2. The van der Waals surface area contributed by atoms with E-state index in [0.717, 1.165) is 9.13 Å². The minimum Gasteiger partial charge on any atom is -0.408 e. The van der Waals surface area contributed by atoms with E-state index in [1.807, 2.05) is 0 Å². The summed E-state index contributed by atoms with van der Waals surface area (Å²) >= 11 is 9.17. The van der Waals surface area contributed by atoms with Crippen molar-refractivity contribution in [2.24, 2.45) is 11.5 Å². The van der Waals surface area contributed by atoms with Crippen LogP contribution in [0.15, 0.2) is 59.3 Å². The first-order valence-corrected chi connectivity index (χ1v) is 9.56. The molecule has 0 bridgehead atoms. The molecular weight excluding hydrogens is 484 g/mol. The van der Waals surface area contributed by atoms with Gasteiger partial charge in [0.05, 0.1) is 11.0 Å². The molecule has 2 heterocycles. The van der Waals surface area contributed by atoms with Crippen LogP contribution in [0.3, 0.4) is 0 Å². The molecule has 0 aliphatic heterocycles. The zero-order valence-corrected chi connectivity index (χ0v) is 17.2. The molecule has 4 rings (SSSR count). The minimum atomic E-state index is -1.68. The van der Waals surface area contributed by atoms with Gasteiger partial charge in [0, 0.05) is 15.6 Å².